The van der Waals surface area contributed by atoms with Crippen molar-refractivity contribution in [3.8, 4) is 0 Å². The summed E-state index contributed by atoms with van der Waals surface area (Å²) in [5.41, 5.74) is 0. The Kier molecular flexibility index (Phi) is 3.45. The number of hydrogen-bond acceptors (Lipinski definition) is 6. The van der Waals surface area contributed by atoms with Crippen LogP contribution in [0.2, 0.25) is 5.28 Å². The first kappa shape index (κ1) is 12.9. The van der Waals surface area contributed by atoms with E-state index in [0.29, 0.717) is 24.0 Å². The maximum absolute atomic E-state index is 5.95. The van der Waals surface area contributed by atoms with Gasteiger partial charge in [-0.2, -0.15) is 15.0 Å². The summed E-state index contributed by atoms with van der Waals surface area (Å²) < 4.78 is 0. The molecule has 0 aromatic carbocycles. The lowest BCUT2D eigenvalue weighted by Crippen LogP contribution is -2.34. The average Bonchev–Trinajstić information content (AvgIpc) is 2.93. The standard InChI is InChI=1S/C12H19ClN6/c1-18(2)12-16-10(13)15-11(17-12)14-8-5-7-19-6-3-4-9(8)19/h8-9H,3-7H2,1-2H3,(H,14,15,16,17). The molecule has 2 unspecified atom stereocenters. The second kappa shape index (κ2) is 5.09. The molecule has 2 saturated heterocycles. The van der Waals surface area contributed by atoms with Gasteiger partial charge in [-0.25, -0.2) is 0 Å². The fraction of sp³-hybridized carbons (Fsp3) is 0.750. The van der Waals surface area contributed by atoms with Crippen LogP contribution < -0.4 is 10.2 Å². The molecular formula is C12H19ClN6. The molecule has 7 heteroatoms. The van der Waals surface area contributed by atoms with E-state index in [2.05, 4.69) is 25.2 Å². The quantitative estimate of drug-likeness (QED) is 0.900. The molecule has 2 atom stereocenters. The summed E-state index contributed by atoms with van der Waals surface area (Å²) in [6.07, 6.45) is 3.70. The highest BCUT2D eigenvalue weighted by molar-refractivity contribution is 6.28. The zero-order valence-corrected chi connectivity index (χ0v) is 12.1. The summed E-state index contributed by atoms with van der Waals surface area (Å²) in [7, 11) is 3.79. The van der Waals surface area contributed by atoms with Crippen LogP contribution in [-0.4, -0.2) is 59.1 Å². The van der Waals surface area contributed by atoms with Crippen molar-refractivity contribution in [2.24, 2.45) is 0 Å². The van der Waals surface area contributed by atoms with Crippen LogP contribution in [0.3, 0.4) is 0 Å². The highest BCUT2D eigenvalue weighted by atomic mass is 35.5. The lowest BCUT2D eigenvalue weighted by molar-refractivity contribution is 0.318. The van der Waals surface area contributed by atoms with E-state index in [-0.39, 0.29) is 5.28 Å². The summed E-state index contributed by atoms with van der Waals surface area (Å²) >= 11 is 5.95. The summed E-state index contributed by atoms with van der Waals surface area (Å²) in [5.74, 6) is 1.17. The Morgan fingerprint density at radius 2 is 2.05 bits per heavy atom. The van der Waals surface area contributed by atoms with Crippen LogP contribution in [0.15, 0.2) is 0 Å². The van der Waals surface area contributed by atoms with Crippen LogP contribution in [0.4, 0.5) is 11.9 Å². The molecular weight excluding hydrogens is 264 g/mol. The zero-order chi connectivity index (χ0) is 13.4. The van der Waals surface area contributed by atoms with Gasteiger partial charge in [0.05, 0.1) is 0 Å². The molecule has 1 N–H and O–H groups in total. The Hall–Kier alpha value is -1.14. The van der Waals surface area contributed by atoms with Gasteiger partial charge in [-0.05, 0) is 37.4 Å². The Balaban J connectivity index is 1.76. The Labute approximate surface area is 118 Å². The van der Waals surface area contributed by atoms with Gasteiger partial charge in [0.25, 0.3) is 0 Å². The van der Waals surface area contributed by atoms with E-state index in [1.54, 1.807) is 0 Å². The predicted molar refractivity (Wildman–Crippen MR) is 75.8 cm³/mol. The molecule has 2 fully saturated rings. The third-order valence-electron chi connectivity index (χ3n) is 3.92. The molecule has 3 rings (SSSR count). The van der Waals surface area contributed by atoms with Crippen LogP contribution in [0.25, 0.3) is 0 Å². The highest BCUT2D eigenvalue weighted by Gasteiger charge is 2.37. The summed E-state index contributed by atoms with van der Waals surface area (Å²) in [6.45, 7) is 2.39. The van der Waals surface area contributed by atoms with Gasteiger partial charge in [0.1, 0.15) is 0 Å². The molecule has 0 spiro atoms. The number of hydrogen-bond donors (Lipinski definition) is 1. The second-order valence-electron chi connectivity index (χ2n) is 5.41. The fourth-order valence-electron chi connectivity index (χ4n) is 3.02. The average molecular weight is 283 g/mol. The first-order valence-electron chi connectivity index (χ1n) is 6.73. The monoisotopic (exact) mass is 282 g/mol. The van der Waals surface area contributed by atoms with Crippen LogP contribution >= 0.6 is 11.6 Å². The molecule has 1 aromatic rings. The number of halogens is 1. The highest BCUT2D eigenvalue weighted by Crippen LogP contribution is 2.29. The van der Waals surface area contributed by atoms with Crippen molar-refractivity contribution in [3.05, 3.63) is 5.28 Å². The maximum atomic E-state index is 5.95. The number of aromatic nitrogens is 3. The molecule has 0 radical (unpaired) electrons. The lowest BCUT2D eigenvalue weighted by Gasteiger charge is -2.21. The van der Waals surface area contributed by atoms with Gasteiger partial charge < -0.3 is 10.2 Å². The van der Waals surface area contributed by atoms with Crippen molar-refractivity contribution in [2.75, 3.05) is 37.4 Å². The molecule has 0 aliphatic carbocycles. The minimum absolute atomic E-state index is 0.238. The largest absolute Gasteiger partial charge is 0.350 e. The zero-order valence-electron chi connectivity index (χ0n) is 11.3. The third-order valence-corrected chi connectivity index (χ3v) is 4.09. The molecule has 0 saturated carbocycles. The Morgan fingerprint density at radius 1 is 1.21 bits per heavy atom. The van der Waals surface area contributed by atoms with Gasteiger partial charge in [0, 0.05) is 32.7 Å². The molecule has 0 bridgehead atoms. The second-order valence-corrected chi connectivity index (χ2v) is 5.75. The first-order chi connectivity index (χ1) is 9.13. The Morgan fingerprint density at radius 3 is 2.84 bits per heavy atom. The SMILES string of the molecule is CN(C)c1nc(Cl)nc(NC2CCN3CCCC23)n1. The summed E-state index contributed by atoms with van der Waals surface area (Å²) in [5, 5.41) is 3.67. The van der Waals surface area contributed by atoms with Crippen molar-refractivity contribution in [2.45, 2.75) is 31.3 Å². The minimum Gasteiger partial charge on any atom is -0.350 e. The summed E-state index contributed by atoms with van der Waals surface area (Å²) in [6, 6.07) is 1.05. The van der Waals surface area contributed by atoms with Gasteiger partial charge in [0.2, 0.25) is 17.2 Å². The van der Waals surface area contributed by atoms with Gasteiger partial charge in [-0.3, -0.25) is 4.90 Å². The number of anilines is 2. The predicted octanol–water partition coefficient (Wildman–Crippen LogP) is 1.24. The molecule has 6 nitrogen and oxygen atoms in total. The van der Waals surface area contributed by atoms with E-state index in [9.17, 15) is 0 Å². The van der Waals surface area contributed by atoms with E-state index in [1.807, 2.05) is 19.0 Å². The van der Waals surface area contributed by atoms with Gasteiger partial charge in [-0.15, -0.1) is 0 Å². The van der Waals surface area contributed by atoms with Crippen LogP contribution in [0, 0.1) is 0 Å². The van der Waals surface area contributed by atoms with Crippen molar-refractivity contribution in [1.29, 1.82) is 0 Å². The van der Waals surface area contributed by atoms with Crippen molar-refractivity contribution < 1.29 is 0 Å². The number of fused-ring (bicyclic) bond motifs is 1. The molecule has 1 aromatic heterocycles. The molecule has 19 heavy (non-hydrogen) atoms. The van der Waals surface area contributed by atoms with E-state index in [4.69, 9.17) is 11.6 Å². The van der Waals surface area contributed by atoms with Crippen molar-refractivity contribution >= 4 is 23.5 Å². The number of nitrogens with one attached hydrogen (secondary N) is 1. The van der Waals surface area contributed by atoms with Gasteiger partial charge in [-0.1, -0.05) is 0 Å². The van der Waals surface area contributed by atoms with E-state index in [0.717, 1.165) is 6.42 Å². The normalized spacial score (nSPS) is 26.5. The van der Waals surface area contributed by atoms with Crippen molar-refractivity contribution in [3.63, 3.8) is 0 Å². The summed E-state index contributed by atoms with van der Waals surface area (Å²) in [4.78, 5) is 17.1. The van der Waals surface area contributed by atoms with Crippen LogP contribution in [-0.2, 0) is 0 Å². The van der Waals surface area contributed by atoms with E-state index < -0.39 is 0 Å². The Bertz CT molecular complexity index is 466. The van der Waals surface area contributed by atoms with Gasteiger partial charge in [0.15, 0.2) is 0 Å². The smallest absolute Gasteiger partial charge is 0.230 e. The van der Waals surface area contributed by atoms with E-state index in [1.165, 1.54) is 25.9 Å². The lowest BCUT2D eigenvalue weighted by atomic mass is 10.1. The fourth-order valence-corrected chi connectivity index (χ4v) is 3.18. The molecule has 104 valence electrons. The minimum atomic E-state index is 0.238. The topological polar surface area (TPSA) is 57.2 Å². The molecule has 2 aliphatic heterocycles. The third kappa shape index (κ3) is 2.60. The van der Waals surface area contributed by atoms with E-state index >= 15 is 0 Å². The molecule has 0 amide bonds. The van der Waals surface area contributed by atoms with Gasteiger partial charge >= 0.3 is 0 Å². The first-order valence-corrected chi connectivity index (χ1v) is 7.11. The van der Waals surface area contributed by atoms with Crippen LogP contribution in [0.1, 0.15) is 19.3 Å². The number of nitrogens with zero attached hydrogens (tertiary/aromatic N) is 5. The van der Waals surface area contributed by atoms with Crippen LogP contribution in [0.5, 0.6) is 0 Å². The number of rotatable bonds is 3. The molecule has 2 aliphatic rings. The molecule has 3 heterocycles. The maximum Gasteiger partial charge on any atom is 0.230 e. The van der Waals surface area contributed by atoms with Crippen molar-refractivity contribution in [1.82, 2.24) is 19.9 Å².